The Morgan fingerprint density at radius 1 is 1.67 bits per heavy atom. The molecule has 1 unspecified atom stereocenters. The molecular formula is C3H7O3-. The Kier molecular flexibility index (Phi) is 3.02. The second-order valence-corrected chi connectivity index (χ2v) is 1.00. The first-order chi connectivity index (χ1) is 2.81. The summed E-state index contributed by atoms with van der Waals surface area (Å²) in [7, 11) is 0. The number of hydrogen-bond acceptors (Lipinski definition) is 3. The van der Waals surface area contributed by atoms with E-state index < -0.39 is 19.3 Å². The van der Waals surface area contributed by atoms with Crippen LogP contribution in [0.4, 0.5) is 0 Å². The van der Waals surface area contributed by atoms with Crippen LogP contribution in [0.25, 0.3) is 0 Å². The van der Waals surface area contributed by atoms with Gasteiger partial charge < -0.3 is 15.3 Å². The van der Waals surface area contributed by atoms with Crippen molar-refractivity contribution in [3.05, 3.63) is 0 Å². The summed E-state index contributed by atoms with van der Waals surface area (Å²) in [6, 6.07) is 0. The topological polar surface area (TPSA) is 63.5 Å². The van der Waals surface area contributed by atoms with Crippen LogP contribution in [-0.2, 0) is 0 Å². The Labute approximate surface area is 35.9 Å². The van der Waals surface area contributed by atoms with Crippen molar-refractivity contribution in [2.24, 2.45) is 0 Å². The van der Waals surface area contributed by atoms with E-state index in [0.717, 1.165) is 0 Å². The predicted octanol–water partition coefficient (Wildman–Crippen LogP) is -2.30. The van der Waals surface area contributed by atoms with E-state index in [4.69, 9.17) is 10.2 Å². The van der Waals surface area contributed by atoms with E-state index in [1.54, 1.807) is 0 Å². The lowest BCUT2D eigenvalue weighted by Gasteiger charge is -2.07. The summed E-state index contributed by atoms with van der Waals surface area (Å²) >= 11 is 0. The van der Waals surface area contributed by atoms with Crippen LogP contribution in [0.2, 0.25) is 0 Å². The minimum atomic E-state index is -1.06. The molecule has 0 aliphatic heterocycles. The van der Waals surface area contributed by atoms with Gasteiger partial charge in [0.2, 0.25) is 0 Å². The third-order valence-corrected chi connectivity index (χ3v) is 0.403. The molecule has 3 nitrogen and oxygen atoms in total. The standard InChI is InChI=1S/C3H7O3/c4-1-3(6)2-5/h3-4,6H,1-2H2/q-1. The van der Waals surface area contributed by atoms with Gasteiger partial charge in [-0.25, -0.2) is 0 Å². The van der Waals surface area contributed by atoms with Crippen LogP contribution in [-0.4, -0.2) is 29.5 Å². The van der Waals surface area contributed by atoms with Crippen molar-refractivity contribution < 1.29 is 15.3 Å². The molecule has 6 heavy (non-hydrogen) atoms. The van der Waals surface area contributed by atoms with Crippen LogP contribution in [0.3, 0.4) is 0 Å². The third kappa shape index (κ3) is 2.14. The van der Waals surface area contributed by atoms with Crippen molar-refractivity contribution in [3.8, 4) is 0 Å². The van der Waals surface area contributed by atoms with Crippen molar-refractivity contribution in [2.45, 2.75) is 6.10 Å². The van der Waals surface area contributed by atoms with Gasteiger partial charge in [-0.1, -0.05) is 0 Å². The predicted molar refractivity (Wildman–Crippen MR) is 18.0 cm³/mol. The summed E-state index contributed by atoms with van der Waals surface area (Å²) in [4.78, 5) is 0. The molecule has 38 valence electrons. The minimum Gasteiger partial charge on any atom is -0.853 e. The monoisotopic (exact) mass is 91.0 g/mol. The molecule has 0 heterocycles. The first-order valence-electron chi connectivity index (χ1n) is 1.68. The number of hydrogen-bond donors (Lipinski definition) is 2. The SMILES string of the molecule is [O-]CC(O)CO. The third-order valence-electron chi connectivity index (χ3n) is 0.403. The fourth-order valence-corrected chi connectivity index (χ4v) is 0.0527. The molecule has 0 fully saturated rings. The van der Waals surface area contributed by atoms with Gasteiger partial charge in [-0.05, 0) is 0 Å². The van der Waals surface area contributed by atoms with Gasteiger partial charge in [-0.3, -0.25) is 0 Å². The smallest absolute Gasteiger partial charge is 0.0677 e. The highest BCUT2D eigenvalue weighted by Crippen LogP contribution is 1.68. The van der Waals surface area contributed by atoms with E-state index in [1.807, 2.05) is 0 Å². The zero-order valence-electron chi connectivity index (χ0n) is 3.29. The summed E-state index contributed by atoms with van der Waals surface area (Å²) in [5.41, 5.74) is 0. The highest BCUT2D eigenvalue weighted by molar-refractivity contribution is 4.42. The lowest BCUT2D eigenvalue weighted by atomic mass is 10.4. The van der Waals surface area contributed by atoms with Crippen LogP contribution < -0.4 is 5.11 Å². The van der Waals surface area contributed by atoms with Crippen LogP contribution in [0.1, 0.15) is 0 Å². The van der Waals surface area contributed by atoms with Gasteiger partial charge in [0.15, 0.2) is 0 Å². The molecular weight excluding hydrogens is 84.0 g/mol. The van der Waals surface area contributed by atoms with Gasteiger partial charge >= 0.3 is 0 Å². The molecule has 0 rings (SSSR count). The highest BCUT2D eigenvalue weighted by atomic mass is 16.3. The van der Waals surface area contributed by atoms with E-state index >= 15 is 0 Å². The minimum absolute atomic E-state index is 0.427. The lowest BCUT2D eigenvalue weighted by Crippen LogP contribution is -2.26. The molecule has 0 spiro atoms. The first kappa shape index (κ1) is 5.88. The van der Waals surface area contributed by atoms with E-state index in [-0.39, 0.29) is 0 Å². The van der Waals surface area contributed by atoms with Gasteiger partial charge in [-0.2, -0.15) is 0 Å². The number of rotatable bonds is 2. The molecule has 0 amide bonds. The molecule has 0 aliphatic carbocycles. The number of aliphatic hydroxyl groups excluding tert-OH is 2. The molecule has 0 aliphatic rings. The van der Waals surface area contributed by atoms with E-state index in [9.17, 15) is 5.11 Å². The Morgan fingerprint density at radius 3 is 2.17 bits per heavy atom. The quantitative estimate of drug-likeness (QED) is 0.401. The maximum Gasteiger partial charge on any atom is 0.0677 e. The summed E-state index contributed by atoms with van der Waals surface area (Å²) in [6.45, 7) is -1.04. The van der Waals surface area contributed by atoms with E-state index in [2.05, 4.69) is 0 Å². The van der Waals surface area contributed by atoms with Gasteiger partial charge in [0.1, 0.15) is 0 Å². The molecule has 0 aromatic rings. The average molecular weight is 91.1 g/mol. The lowest BCUT2D eigenvalue weighted by molar-refractivity contribution is -0.385. The molecule has 0 aromatic carbocycles. The summed E-state index contributed by atoms with van der Waals surface area (Å²) in [6.07, 6.45) is -1.06. The highest BCUT2D eigenvalue weighted by Gasteiger charge is 1.87. The van der Waals surface area contributed by atoms with Gasteiger partial charge in [-0.15, -0.1) is 6.61 Å². The Balaban J connectivity index is 2.75. The van der Waals surface area contributed by atoms with Crippen molar-refractivity contribution in [2.75, 3.05) is 13.2 Å². The maximum atomic E-state index is 9.45. The Hall–Kier alpha value is -0.120. The Bertz CT molecular complexity index is 25.2. The average Bonchev–Trinajstić information content (AvgIpc) is 1.65. The molecule has 3 heteroatoms. The summed E-state index contributed by atoms with van der Waals surface area (Å²) in [5.74, 6) is 0. The van der Waals surface area contributed by atoms with Gasteiger partial charge in [0, 0.05) is 0 Å². The largest absolute Gasteiger partial charge is 0.853 e. The van der Waals surface area contributed by atoms with Crippen molar-refractivity contribution in [3.63, 3.8) is 0 Å². The fraction of sp³-hybridized carbons (Fsp3) is 1.00. The van der Waals surface area contributed by atoms with Gasteiger partial charge in [0.05, 0.1) is 12.7 Å². The van der Waals surface area contributed by atoms with Crippen LogP contribution >= 0.6 is 0 Å². The molecule has 0 aromatic heterocycles. The molecule has 0 saturated heterocycles. The Morgan fingerprint density at radius 2 is 2.17 bits per heavy atom. The van der Waals surface area contributed by atoms with Crippen LogP contribution in [0.5, 0.6) is 0 Å². The molecule has 0 bridgehead atoms. The second kappa shape index (κ2) is 3.08. The zero-order valence-corrected chi connectivity index (χ0v) is 3.29. The molecule has 2 N–H and O–H groups in total. The molecule has 1 atom stereocenters. The summed E-state index contributed by atoms with van der Waals surface area (Å²) in [5, 5.41) is 25.4. The first-order valence-corrected chi connectivity index (χ1v) is 1.68. The second-order valence-electron chi connectivity index (χ2n) is 1.00. The van der Waals surface area contributed by atoms with Crippen molar-refractivity contribution in [1.29, 1.82) is 0 Å². The summed E-state index contributed by atoms with van der Waals surface area (Å²) < 4.78 is 0. The van der Waals surface area contributed by atoms with Crippen LogP contribution in [0, 0.1) is 0 Å². The molecule has 0 saturated carbocycles. The van der Waals surface area contributed by atoms with E-state index in [0.29, 0.717) is 0 Å². The zero-order chi connectivity index (χ0) is 4.99. The van der Waals surface area contributed by atoms with Crippen molar-refractivity contribution >= 4 is 0 Å². The van der Waals surface area contributed by atoms with Gasteiger partial charge in [0.25, 0.3) is 0 Å². The number of aliphatic hydroxyl groups is 2. The van der Waals surface area contributed by atoms with E-state index in [1.165, 1.54) is 0 Å². The maximum absolute atomic E-state index is 9.45. The fourth-order valence-electron chi connectivity index (χ4n) is 0.0527. The molecule has 0 radical (unpaired) electrons. The normalized spacial score (nSPS) is 14.5. The van der Waals surface area contributed by atoms with Crippen LogP contribution in [0.15, 0.2) is 0 Å². The van der Waals surface area contributed by atoms with Crippen molar-refractivity contribution in [1.82, 2.24) is 0 Å².